The van der Waals surface area contributed by atoms with Gasteiger partial charge in [-0.15, -0.1) is 0 Å². The number of esters is 1. The Morgan fingerprint density at radius 2 is 2.14 bits per heavy atom. The van der Waals surface area contributed by atoms with Gasteiger partial charge in [0.15, 0.2) is 5.16 Å². The Bertz CT molecular complexity index is 683. The normalized spacial score (nSPS) is 9.82. The number of benzene rings is 1. The van der Waals surface area contributed by atoms with Crippen molar-refractivity contribution in [2.45, 2.75) is 11.6 Å². The summed E-state index contributed by atoms with van der Waals surface area (Å²) in [6.45, 7) is 0. The highest BCUT2D eigenvalue weighted by Crippen LogP contribution is 2.19. The topological polar surface area (TPSA) is 87.9 Å². The van der Waals surface area contributed by atoms with Crippen molar-refractivity contribution in [2.24, 2.45) is 0 Å². The standard InChI is InChI=1S/C15H14N4O2S/c1-21-14(20)7-9-22-15-17-8-6-13(19-15)18-12-4-2-11(10-16)3-5-12/h2-6,8H,7,9H2,1H3,(H,17,18,19). The summed E-state index contributed by atoms with van der Waals surface area (Å²) < 4.78 is 4.58. The van der Waals surface area contributed by atoms with Gasteiger partial charge in [0.05, 0.1) is 25.2 Å². The first-order chi connectivity index (χ1) is 10.7. The van der Waals surface area contributed by atoms with E-state index in [1.54, 1.807) is 24.4 Å². The Morgan fingerprint density at radius 1 is 1.36 bits per heavy atom. The van der Waals surface area contributed by atoms with E-state index < -0.39 is 0 Å². The number of carbonyl (C=O) groups excluding carboxylic acids is 1. The van der Waals surface area contributed by atoms with Crippen molar-refractivity contribution in [1.29, 1.82) is 5.26 Å². The van der Waals surface area contributed by atoms with E-state index in [2.05, 4.69) is 26.1 Å². The molecular formula is C15H14N4O2S. The lowest BCUT2D eigenvalue weighted by Crippen LogP contribution is -2.02. The van der Waals surface area contributed by atoms with E-state index in [-0.39, 0.29) is 5.97 Å². The molecule has 0 amide bonds. The van der Waals surface area contributed by atoms with Gasteiger partial charge in [-0.1, -0.05) is 11.8 Å². The lowest BCUT2D eigenvalue weighted by atomic mass is 10.2. The molecule has 0 spiro atoms. The Morgan fingerprint density at radius 3 is 2.82 bits per heavy atom. The largest absolute Gasteiger partial charge is 0.469 e. The van der Waals surface area contributed by atoms with Gasteiger partial charge in [0.25, 0.3) is 0 Å². The fourth-order valence-electron chi connectivity index (χ4n) is 1.58. The predicted octanol–water partition coefficient (Wildman–Crippen LogP) is 2.75. The molecule has 1 heterocycles. The number of nitriles is 1. The molecule has 0 atom stereocenters. The molecule has 0 aliphatic carbocycles. The van der Waals surface area contributed by atoms with Gasteiger partial charge in [0, 0.05) is 17.6 Å². The number of hydrogen-bond donors (Lipinski definition) is 1. The van der Waals surface area contributed by atoms with Crippen molar-refractivity contribution in [3.63, 3.8) is 0 Å². The molecule has 22 heavy (non-hydrogen) atoms. The van der Waals surface area contributed by atoms with Crippen molar-refractivity contribution < 1.29 is 9.53 Å². The second kappa shape index (κ2) is 8.00. The highest BCUT2D eigenvalue weighted by atomic mass is 32.2. The molecule has 2 rings (SSSR count). The Labute approximate surface area is 132 Å². The number of thioether (sulfide) groups is 1. The molecule has 2 aromatic rings. The third-order valence-corrected chi connectivity index (χ3v) is 3.55. The van der Waals surface area contributed by atoms with Gasteiger partial charge in [-0.3, -0.25) is 4.79 Å². The van der Waals surface area contributed by atoms with Crippen LogP contribution in [-0.4, -0.2) is 28.8 Å². The highest BCUT2D eigenvalue weighted by Gasteiger charge is 2.04. The smallest absolute Gasteiger partial charge is 0.306 e. The third-order valence-electron chi connectivity index (χ3n) is 2.68. The molecule has 0 saturated heterocycles. The highest BCUT2D eigenvalue weighted by molar-refractivity contribution is 7.99. The first kappa shape index (κ1) is 15.8. The first-order valence-corrected chi connectivity index (χ1v) is 7.49. The minimum absolute atomic E-state index is 0.251. The number of carbonyl (C=O) groups is 1. The third kappa shape index (κ3) is 4.75. The number of methoxy groups -OCH3 is 1. The van der Waals surface area contributed by atoms with E-state index in [0.717, 1.165) is 5.69 Å². The predicted molar refractivity (Wildman–Crippen MR) is 83.8 cm³/mol. The molecule has 0 radical (unpaired) electrons. The van der Waals surface area contributed by atoms with Crippen LogP contribution in [0.15, 0.2) is 41.7 Å². The van der Waals surface area contributed by atoms with Crippen LogP contribution in [0.25, 0.3) is 0 Å². The molecule has 0 unspecified atom stereocenters. The van der Waals surface area contributed by atoms with Gasteiger partial charge >= 0.3 is 5.97 Å². The molecule has 0 aliphatic heterocycles. The van der Waals surface area contributed by atoms with Gasteiger partial charge < -0.3 is 10.1 Å². The van der Waals surface area contributed by atoms with Crippen LogP contribution < -0.4 is 5.32 Å². The number of rotatable bonds is 6. The molecule has 0 saturated carbocycles. The van der Waals surface area contributed by atoms with Gasteiger partial charge in [0.1, 0.15) is 5.82 Å². The van der Waals surface area contributed by atoms with E-state index >= 15 is 0 Å². The zero-order valence-corrected chi connectivity index (χ0v) is 12.8. The lowest BCUT2D eigenvalue weighted by molar-refractivity contribution is -0.140. The second-order valence-electron chi connectivity index (χ2n) is 4.21. The minimum Gasteiger partial charge on any atom is -0.469 e. The Hall–Kier alpha value is -2.59. The molecule has 112 valence electrons. The summed E-state index contributed by atoms with van der Waals surface area (Å²) in [4.78, 5) is 19.6. The molecule has 0 bridgehead atoms. The van der Waals surface area contributed by atoms with Crippen LogP contribution in [0.3, 0.4) is 0 Å². The number of anilines is 2. The zero-order chi connectivity index (χ0) is 15.8. The maximum atomic E-state index is 11.1. The van der Waals surface area contributed by atoms with Gasteiger partial charge in [0.2, 0.25) is 0 Å². The van der Waals surface area contributed by atoms with Gasteiger partial charge in [-0.05, 0) is 30.3 Å². The van der Waals surface area contributed by atoms with Crippen molar-refractivity contribution in [2.75, 3.05) is 18.2 Å². The van der Waals surface area contributed by atoms with Crippen LogP contribution in [0.4, 0.5) is 11.5 Å². The summed E-state index contributed by atoms with van der Waals surface area (Å²) in [6.07, 6.45) is 1.97. The fraction of sp³-hybridized carbons (Fsp3) is 0.200. The number of hydrogen-bond acceptors (Lipinski definition) is 7. The van der Waals surface area contributed by atoms with Crippen molar-refractivity contribution in [1.82, 2.24) is 9.97 Å². The van der Waals surface area contributed by atoms with Crippen molar-refractivity contribution in [3.05, 3.63) is 42.1 Å². The zero-order valence-electron chi connectivity index (χ0n) is 11.9. The summed E-state index contributed by atoms with van der Waals surface area (Å²) >= 11 is 1.39. The molecule has 1 aromatic heterocycles. The van der Waals surface area contributed by atoms with Crippen LogP contribution in [0.5, 0.6) is 0 Å². The summed E-state index contributed by atoms with van der Waals surface area (Å²) in [6, 6.07) is 10.9. The lowest BCUT2D eigenvalue weighted by Gasteiger charge is -2.06. The molecule has 1 aromatic carbocycles. The minimum atomic E-state index is -0.251. The number of ether oxygens (including phenoxy) is 1. The van der Waals surface area contributed by atoms with Crippen LogP contribution >= 0.6 is 11.8 Å². The number of nitrogens with one attached hydrogen (secondary N) is 1. The summed E-state index contributed by atoms with van der Waals surface area (Å²) in [5.74, 6) is 0.965. The summed E-state index contributed by atoms with van der Waals surface area (Å²) in [5.41, 5.74) is 1.44. The Balaban J connectivity index is 1.95. The molecule has 7 heteroatoms. The average molecular weight is 314 g/mol. The average Bonchev–Trinajstić information content (AvgIpc) is 2.56. The molecular weight excluding hydrogens is 300 g/mol. The molecule has 6 nitrogen and oxygen atoms in total. The van der Waals surface area contributed by atoms with Crippen LogP contribution in [0, 0.1) is 11.3 Å². The van der Waals surface area contributed by atoms with Crippen LogP contribution in [0.2, 0.25) is 0 Å². The number of nitrogens with zero attached hydrogens (tertiary/aromatic N) is 3. The monoisotopic (exact) mass is 314 g/mol. The maximum Gasteiger partial charge on any atom is 0.306 e. The van der Waals surface area contributed by atoms with E-state index in [1.807, 2.05) is 12.1 Å². The SMILES string of the molecule is COC(=O)CCSc1nccc(Nc2ccc(C#N)cc2)n1. The Kier molecular flexibility index (Phi) is 5.74. The van der Waals surface area contributed by atoms with Crippen molar-refractivity contribution >= 4 is 29.2 Å². The van der Waals surface area contributed by atoms with Gasteiger partial charge in [-0.2, -0.15) is 5.26 Å². The van der Waals surface area contributed by atoms with E-state index in [9.17, 15) is 4.79 Å². The molecule has 0 fully saturated rings. The van der Waals surface area contributed by atoms with Gasteiger partial charge in [-0.25, -0.2) is 9.97 Å². The maximum absolute atomic E-state index is 11.1. The molecule has 1 N–H and O–H groups in total. The van der Waals surface area contributed by atoms with E-state index in [1.165, 1.54) is 18.9 Å². The first-order valence-electron chi connectivity index (χ1n) is 6.51. The fourth-order valence-corrected chi connectivity index (χ4v) is 2.33. The summed E-state index contributed by atoms with van der Waals surface area (Å²) in [7, 11) is 1.37. The second-order valence-corrected chi connectivity index (χ2v) is 5.28. The van der Waals surface area contributed by atoms with E-state index in [0.29, 0.717) is 28.7 Å². The molecule has 0 aliphatic rings. The number of aromatic nitrogens is 2. The van der Waals surface area contributed by atoms with Crippen LogP contribution in [0.1, 0.15) is 12.0 Å². The summed E-state index contributed by atoms with van der Waals surface area (Å²) in [5, 5.41) is 12.5. The van der Waals surface area contributed by atoms with Crippen LogP contribution in [-0.2, 0) is 9.53 Å². The van der Waals surface area contributed by atoms with Crippen molar-refractivity contribution in [3.8, 4) is 6.07 Å². The van der Waals surface area contributed by atoms with E-state index in [4.69, 9.17) is 5.26 Å². The quantitative estimate of drug-likeness (QED) is 0.498.